The number of likely N-dealkylation sites (tertiary alicyclic amines) is 1. The third-order valence-electron chi connectivity index (χ3n) is 1.51. The van der Waals surface area contributed by atoms with Crippen molar-refractivity contribution >= 4 is 0 Å². The minimum atomic E-state index is 0.382. The van der Waals surface area contributed by atoms with E-state index in [1.165, 1.54) is 0 Å². The zero-order valence-electron chi connectivity index (χ0n) is 5.01. The molecule has 1 saturated heterocycles. The third kappa shape index (κ3) is 1.01. The standard InChI is InChI=1S/C6H12N2/c1-2-8-4-3-6(7)5-8/h2,6H,1,3-5,7H2. The summed E-state index contributed by atoms with van der Waals surface area (Å²) in [6.07, 6.45) is 2.97. The van der Waals surface area contributed by atoms with Gasteiger partial charge in [-0.15, -0.1) is 0 Å². The minimum absolute atomic E-state index is 0.382. The molecule has 8 heavy (non-hydrogen) atoms. The number of nitrogens with zero attached hydrogens (tertiary/aromatic N) is 1. The molecule has 0 aromatic rings. The topological polar surface area (TPSA) is 29.3 Å². The summed E-state index contributed by atoms with van der Waals surface area (Å²) in [7, 11) is 0. The Kier molecular flexibility index (Phi) is 1.53. The molecule has 2 heteroatoms. The number of nitrogens with two attached hydrogens (primary N) is 1. The van der Waals surface area contributed by atoms with Crippen LogP contribution in [-0.4, -0.2) is 24.0 Å². The Labute approximate surface area is 50.0 Å². The Morgan fingerprint density at radius 3 is 2.75 bits per heavy atom. The Morgan fingerprint density at radius 2 is 2.50 bits per heavy atom. The first-order chi connectivity index (χ1) is 3.83. The van der Waals surface area contributed by atoms with Crippen LogP contribution < -0.4 is 5.73 Å². The van der Waals surface area contributed by atoms with E-state index in [9.17, 15) is 0 Å². The first kappa shape index (κ1) is 5.63. The van der Waals surface area contributed by atoms with Gasteiger partial charge in [-0.05, 0) is 12.6 Å². The lowest BCUT2D eigenvalue weighted by molar-refractivity contribution is 0.461. The molecule has 0 aromatic carbocycles. The normalized spacial score (nSPS) is 28.6. The summed E-state index contributed by atoms with van der Waals surface area (Å²) < 4.78 is 0. The van der Waals surface area contributed by atoms with Gasteiger partial charge >= 0.3 is 0 Å². The van der Waals surface area contributed by atoms with Gasteiger partial charge in [0.2, 0.25) is 0 Å². The van der Waals surface area contributed by atoms with Crippen LogP contribution in [0.15, 0.2) is 12.8 Å². The molecule has 1 aliphatic rings. The van der Waals surface area contributed by atoms with Crippen LogP contribution in [0.2, 0.25) is 0 Å². The van der Waals surface area contributed by atoms with Gasteiger partial charge in [-0.25, -0.2) is 0 Å². The third-order valence-corrected chi connectivity index (χ3v) is 1.51. The molecule has 0 radical (unpaired) electrons. The summed E-state index contributed by atoms with van der Waals surface area (Å²) in [5.74, 6) is 0. The van der Waals surface area contributed by atoms with Crippen LogP contribution in [0.1, 0.15) is 6.42 Å². The highest BCUT2D eigenvalue weighted by Gasteiger charge is 2.14. The van der Waals surface area contributed by atoms with Crippen molar-refractivity contribution in [1.29, 1.82) is 0 Å². The molecule has 46 valence electrons. The minimum Gasteiger partial charge on any atom is -0.376 e. The highest BCUT2D eigenvalue weighted by molar-refractivity contribution is 4.83. The van der Waals surface area contributed by atoms with E-state index >= 15 is 0 Å². The summed E-state index contributed by atoms with van der Waals surface area (Å²) in [6, 6.07) is 0.382. The molecule has 0 saturated carbocycles. The van der Waals surface area contributed by atoms with Gasteiger partial charge < -0.3 is 10.6 Å². The van der Waals surface area contributed by atoms with Gasteiger partial charge in [-0.2, -0.15) is 0 Å². The van der Waals surface area contributed by atoms with Crippen molar-refractivity contribution in [3.8, 4) is 0 Å². The largest absolute Gasteiger partial charge is 0.376 e. The first-order valence-electron chi connectivity index (χ1n) is 2.95. The van der Waals surface area contributed by atoms with E-state index in [2.05, 4.69) is 11.5 Å². The maximum Gasteiger partial charge on any atom is 0.0324 e. The van der Waals surface area contributed by atoms with Crippen LogP contribution in [0.3, 0.4) is 0 Å². The molecular weight excluding hydrogens is 100 g/mol. The summed E-state index contributed by atoms with van der Waals surface area (Å²) in [5, 5.41) is 0. The maximum absolute atomic E-state index is 5.61. The summed E-state index contributed by atoms with van der Waals surface area (Å²) in [6.45, 7) is 5.73. The highest BCUT2D eigenvalue weighted by Crippen LogP contribution is 2.05. The fraction of sp³-hybridized carbons (Fsp3) is 0.667. The molecule has 2 N–H and O–H groups in total. The van der Waals surface area contributed by atoms with E-state index in [-0.39, 0.29) is 0 Å². The zero-order valence-corrected chi connectivity index (χ0v) is 5.01. The summed E-state index contributed by atoms with van der Waals surface area (Å²) in [5.41, 5.74) is 5.61. The van der Waals surface area contributed by atoms with Crippen LogP contribution in [0.4, 0.5) is 0 Å². The molecule has 0 bridgehead atoms. The lowest BCUT2D eigenvalue weighted by Gasteiger charge is -2.08. The highest BCUT2D eigenvalue weighted by atomic mass is 15.1. The average Bonchev–Trinajstić information content (AvgIpc) is 2.14. The molecule has 1 atom stereocenters. The average molecular weight is 112 g/mol. The van der Waals surface area contributed by atoms with Gasteiger partial charge in [-0.3, -0.25) is 0 Å². The lowest BCUT2D eigenvalue weighted by atomic mass is 10.3. The molecule has 1 fully saturated rings. The fourth-order valence-electron chi connectivity index (χ4n) is 0.981. The molecule has 1 unspecified atom stereocenters. The summed E-state index contributed by atoms with van der Waals surface area (Å²) in [4.78, 5) is 2.14. The number of rotatable bonds is 1. The molecule has 2 nitrogen and oxygen atoms in total. The molecule has 1 heterocycles. The molecule has 1 rings (SSSR count). The van der Waals surface area contributed by atoms with Gasteiger partial charge in [0.1, 0.15) is 0 Å². The van der Waals surface area contributed by atoms with Gasteiger partial charge in [0.15, 0.2) is 0 Å². The van der Waals surface area contributed by atoms with E-state index in [0.29, 0.717) is 6.04 Å². The van der Waals surface area contributed by atoms with Gasteiger partial charge in [0.25, 0.3) is 0 Å². The second kappa shape index (κ2) is 2.18. The second-order valence-corrected chi connectivity index (χ2v) is 2.23. The first-order valence-corrected chi connectivity index (χ1v) is 2.95. The monoisotopic (exact) mass is 112 g/mol. The van der Waals surface area contributed by atoms with Crippen LogP contribution >= 0.6 is 0 Å². The lowest BCUT2D eigenvalue weighted by Crippen LogP contribution is -2.22. The Morgan fingerprint density at radius 1 is 1.75 bits per heavy atom. The Balaban J connectivity index is 2.32. The SMILES string of the molecule is C=CN1CCC(N)C1. The molecule has 0 amide bonds. The number of hydrogen-bond acceptors (Lipinski definition) is 2. The van der Waals surface area contributed by atoms with Gasteiger partial charge in [-0.1, -0.05) is 6.58 Å². The van der Waals surface area contributed by atoms with Crippen molar-refractivity contribution in [3.05, 3.63) is 12.8 Å². The van der Waals surface area contributed by atoms with Crippen LogP contribution in [0.5, 0.6) is 0 Å². The van der Waals surface area contributed by atoms with Crippen molar-refractivity contribution in [2.75, 3.05) is 13.1 Å². The van der Waals surface area contributed by atoms with Crippen molar-refractivity contribution in [3.63, 3.8) is 0 Å². The van der Waals surface area contributed by atoms with Crippen LogP contribution in [0, 0.1) is 0 Å². The molecule has 0 aliphatic carbocycles. The van der Waals surface area contributed by atoms with E-state index < -0.39 is 0 Å². The molecular formula is C6H12N2. The van der Waals surface area contributed by atoms with Crippen molar-refractivity contribution in [2.45, 2.75) is 12.5 Å². The predicted molar refractivity (Wildman–Crippen MR) is 34.4 cm³/mol. The van der Waals surface area contributed by atoms with Crippen molar-refractivity contribution in [1.82, 2.24) is 4.90 Å². The van der Waals surface area contributed by atoms with Gasteiger partial charge in [0, 0.05) is 19.1 Å². The molecule has 0 aromatic heterocycles. The van der Waals surface area contributed by atoms with E-state index in [4.69, 9.17) is 5.73 Å². The van der Waals surface area contributed by atoms with Crippen LogP contribution in [-0.2, 0) is 0 Å². The van der Waals surface area contributed by atoms with E-state index in [1.54, 1.807) is 0 Å². The Bertz CT molecular complexity index is 90.5. The summed E-state index contributed by atoms with van der Waals surface area (Å²) >= 11 is 0. The van der Waals surface area contributed by atoms with E-state index in [0.717, 1.165) is 19.5 Å². The predicted octanol–water partition coefficient (Wildman–Crippen LogP) is 0.163. The van der Waals surface area contributed by atoms with Crippen LogP contribution in [0.25, 0.3) is 0 Å². The fourth-order valence-corrected chi connectivity index (χ4v) is 0.981. The second-order valence-electron chi connectivity index (χ2n) is 2.23. The smallest absolute Gasteiger partial charge is 0.0324 e. The van der Waals surface area contributed by atoms with E-state index in [1.807, 2.05) is 6.20 Å². The zero-order chi connectivity index (χ0) is 5.98. The maximum atomic E-state index is 5.61. The molecule has 1 aliphatic heterocycles. The molecule has 0 spiro atoms. The Hall–Kier alpha value is -0.500. The van der Waals surface area contributed by atoms with Gasteiger partial charge in [0.05, 0.1) is 0 Å². The van der Waals surface area contributed by atoms with Crippen molar-refractivity contribution in [2.24, 2.45) is 5.73 Å². The number of hydrogen-bond donors (Lipinski definition) is 1. The quantitative estimate of drug-likeness (QED) is 0.523. The van der Waals surface area contributed by atoms with Crippen molar-refractivity contribution < 1.29 is 0 Å².